The number of carbonyl (C=O) groups excluding carboxylic acids is 1. The van der Waals surface area contributed by atoms with Gasteiger partial charge in [0.2, 0.25) is 11.0 Å². The Labute approximate surface area is 90.7 Å². The van der Waals surface area contributed by atoms with Gasteiger partial charge in [-0.1, -0.05) is 25.2 Å². The summed E-state index contributed by atoms with van der Waals surface area (Å²) in [5, 5.41) is 9.41. The van der Waals surface area contributed by atoms with Gasteiger partial charge in [0.05, 0.1) is 6.04 Å². The van der Waals surface area contributed by atoms with Crippen molar-refractivity contribution >= 4 is 34.6 Å². The van der Waals surface area contributed by atoms with E-state index in [0.717, 1.165) is 0 Å². The summed E-state index contributed by atoms with van der Waals surface area (Å²) in [6.45, 7) is 3.77. The third-order valence-electron chi connectivity index (χ3n) is 1.69. The maximum Gasteiger partial charge on any atom is 0.243 e. The summed E-state index contributed by atoms with van der Waals surface area (Å²) in [6, 6.07) is -0.521. The SMILES string of the molecule is CC(C)[C@H](N)C(=O)Nc1n[nH]c(=S)s1. The number of rotatable bonds is 3. The van der Waals surface area contributed by atoms with Gasteiger partial charge in [0.25, 0.3) is 0 Å². The van der Waals surface area contributed by atoms with Crippen LogP contribution in [-0.4, -0.2) is 22.1 Å². The standard InChI is InChI=1S/C7H12N4OS2/c1-3(2)4(8)5(12)9-6-10-11-7(13)14-6/h3-4H,8H2,1-2H3,(H,11,13)(H,9,10,12)/t4-/m0/s1. The maximum absolute atomic E-state index is 11.4. The highest BCUT2D eigenvalue weighted by molar-refractivity contribution is 7.73. The Balaban J connectivity index is 2.61. The normalized spacial score (nSPS) is 12.9. The van der Waals surface area contributed by atoms with Crippen molar-refractivity contribution in [3.8, 4) is 0 Å². The molecule has 1 atom stereocenters. The van der Waals surface area contributed by atoms with Gasteiger partial charge in [0, 0.05) is 0 Å². The fourth-order valence-corrected chi connectivity index (χ4v) is 1.57. The Bertz CT molecular complexity index is 370. The Morgan fingerprint density at radius 3 is 2.79 bits per heavy atom. The van der Waals surface area contributed by atoms with Crippen LogP contribution in [0.1, 0.15) is 13.8 Å². The molecule has 1 aromatic rings. The summed E-state index contributed by atoms with van der Waals surface area (Å²) in [7, 11) is 0. The van der Waals surface area contributed by atoms with E-state index in [1.807, 2.05) is 13.8 Å². The molecule has 0 spiro atoms. The number of nitrogens with one attached hydrogen (secondary N) is 2. The first-order valence-corrected chi connectivity index (χ1v) is 5.35. The van der Waals surface area contributed by atoms with Gasteiger partial charge < -0.3 is 5.73 Å². The molecule has 7 heteroatoms. The van der Waals surface area contributed by atoms with E-state index in [9.17, 15) is 4.79 Å². The molecule has 0 fully saturated rings. The first-order valence-electron chi connectivity index (χ1n) is 4.12. The molecule has 78 valence electrons. The van der Waals surface area contributed by atoms with E-state index in [1.54, 1.807) is 0 Å². The molecule has 0 bridgehead atoms. The molecule has 0 saturated carbocycles. The topological polar surface area (TPSA) is 83.8 Å². The van der Waals surface area contributed by atoms with Gasteiger partial charge in [0.15, 0.2) is 3.95 Å². The molecule has 0 aliphatic carbocycles. The molecule has 0 aromatic carbocycles. The first-order chi connectivity index (χ1) is 6.50. The van der Waals surface area contributed by atoms with Crippen LogP contribution < -0.4 is 11.1 Å². The van der Waals surface area contributed by atoms with Crippen molar-refractivity contribution in [1.29, 1.82) is 0 Å². The average Bonchev–Trinajstić information content (AvgIpc) is 2.49. The number of anilines is 1. The Hall–Kier alpha value is -0.790. The van der Waals surface area contributed by atoms with E-state index in [2.05, 4.69) is 15.5 Å². The van der Waals surface area contributed by atoms with Crippen LogP contribution in [0, 0.1) is 9.87 Å². The largest absolute Gasteiger partial charge is 0.320 e. The van der Waals surface area contributed by atoms with E-state index in [0.29, 0.717) is 9.09 Å². The van der Waals surface area contributed by atoms with Crippen molar-refractivity contribution in [3.63, 3.8) is 0 Å². The van der Waals surface area contributed by atoms with Crippen molar-refractivity contribution < 1.29 is 4.79 Å². The van der Waals surface area contributed by atoms with Crippen LogP contribution >= 0.6 is 23.6 Å². The number of carbonyl (C=O) groups is 1. The number of aromatic amines is 1. The molecule has 1 amide bonds. The highest BCUT2D eigenvalue weighted by Gasteiger charge is 2.17. The van der Waals surface area contributed by atoms with Gasteiger partial charge in [-0.25, -0.2) is 0 Å². The van der Waals surface area contributed by atoms with Crippen LogP contribution in [0.15, 0.2) is 0 Å². The van der Waals surface area contributed by atoms with E-state index < -0.39 is 6.04 Å². The van der Waals surface area contributed by atoms with Crippen LogP contribution in [0.3, 0.4) is 0 Å². The van der Waals surface area contributed by atoms with Gasteiger partial charge in [-0.15, -0.1) is 5.10 Å². The van der Waals surface area contributed by atoms with Crippen molar-refractivity contribution in [2.75, 3.05) is 5.32 Å². The third kappa shape index (κ3) is 2.86. The second-order valence-corrected chi connectivity index (χ2v) is 4.84. The zero-order chi connectivity index (χ0) is 10.7. The molecule has 0 unspecified atom stereocenters. The minimum atomic E-state index is -0.521. The molecule has 0 radical (unpaired) electrons. The van der Waals surface area contributed by atoms with Crippen LogP contribution in [0.5, 0.6) is 0 Å². The summed E-state index contributed by atoms with van der Waals surface area (Å²) in [5.74, 6) is -0.139. The summed E-state index contributed by atoms with van der Waals surface area (Å²) in [6.07, 6.45) is 0. The molecule has 1 rings (SSSR count). The van der Waals surface area contributed by atoms with E-state index in [-0.39, 0.29) is 11.8 Å². The van der Waals surface area contributed by atoms with Crippen LogP contribution in [0.25, 0.3) is 0 Å². The molecular formula is C7H12N4OS2. The summed E-state index contributed by atoms with van der Waals surface area (Å²) in [4.78, 5) is 11.4. The minimum Gasteiger partial charge on any atom is -0.320 e. The highest BCUT2D eigenvalue weighted by atomic mass is 32.1. The lowest BCUT2D eigenvalue weighted by Crippen LogP contribution is -2.39. The monoisotopic (exact) mass is 232 g/mol. The van der Waals surface area contributed by atoms with Gasteiger partial charge in [-0.05, 0) is 18.1 Å². The number of hydrogen-bond donors (Lipinski definition) is 3. The molecule has 1 aromatic heterocycles. The molecule has 0 saturated heterocycles. The lowest BCUT2D eigenvalue weighted by molar-refractivity contribution is -0.118. The fraction of sp³-hybridized carbons (Fsp3) is 0.571. The van der Waals surface area contributed by atoms with Gasteiger partial charge >= 0.3 is 0 Å². The first kappa shape index (κ1) is 11.3. The number of aromatic nitrogens is 2. The maximum atomic E-state index is 11.4. The fourth-order valence-electron chi connectivity index (χ4n) is 0.775. The van der Waals surface area contributed by atoms with Gasteiger partial charge in [0.1, 0.15) is 0 Å². The average molecular weight is 232 g/mol. The second kappa shape index (κ2) is 4.63. The molecule has 0 aliphatic rings. The van der Waals surface area contributed by atoms with Crippen LogP contribution in [0.4, 0.5) is 5.13 Å². The second-order valence-electron chi connectivity index (χ2n) is 3.18. The number of amides is 1. The summed E-state index contributed by atoms with van der Waals surface area (Å²) < 4.78 is 0.526. The van der Waals surface area contributed by atoms with Gasteiger partial charge in [-0.3, -0.25) is 15.2 Å². The Kier molecular flexibility index (Phi) is 3.73. The lowest BCUT2D eigenvalue weighted by atomic mass is 10.1. The lowest BCUT2D eigenvalue weighted by Gasteiger charge is -2.13. The Morgan fingerprint density at radius 2 is 2.36 bits per heavy atom. The van der Waals surface area contributed by atoms with Crippen molar-refractivity contribution in [3.05, 3.63) is 3.95 Å². The summed E-state index contributed by atoms with van der Waals surface area (Å²) in [5.41, 5.74) is 5.64. The predicted octanol–water partition coefficient (Wildman–Crippen LogP) is 1.12. The van der Waals surface area contributed by atoms with E-state index in [1.165, 1.54) is 11.3 Å². The van der Waals surface area contributed by atoms with Crippen molar-refractivity contribution in [2.24, 2.45) is 11.7 Å². The number of H-pyrrole nitrogens is 1. The van der Waals surface area contributed by atoms with Crippen LogP contribution in [-0.2, 0) is 4.79 Å². The quantitative estimate of drug-likeness (QED) is 0.682. The number of nitrogens with two attached hydrogens (primary N) is 1. The molecule has 14 heavy (non-hydrogen) atoms. The van der Waals surface area contributed by atoms with Crippen LogP contribution in [0.2, 0.25) is 0 Å². The number of hydrogen-bond acceptors (Lipinski definition) is 5. The van der Waals surface area contributed by atoms with Gasteiger partial charge in [-0.2, -0.15) is 0 Å². The zero-order valence-corrected chi connectivity index (χ0v) is 9.54. The van der Waals surface area contributed by atoms with Crippen molar-refractivity contribution in [1.82, 2.24) is 10.2 Å². The minimum absolute atomic E-state index is 0.0990. The molecule has 5 nitrogen and oxygen atoms in total. The van der Waals surface area contributed by atoms with E-state index in [4.69, 9.17) is 18.0 Å². The molecule has 4 N–H and O–H groups in total. The predicted molar refractivity (Wildman–Crippen MR) is 58.7 cm³/mol. The number of nitrogens with zero attached hydrogens (tertiary/aromatic N) is 1. The molecular weight excluding hydrogens is 220 g/mol. The highest BCUT2D eigenvalue weighted by Crippen LogP contribution is 2.11. The summed E-state index contributed by atoms with van der Waals surface area (Å²) >= 11 is 6.03. The van der Waals surface area contributed by atoms with E-state index >= 15 is 0 Å². The Morgan fingerprint density at radius 1 is 1.71 bits per heavy atom. The third-order valence-corrected chi connectivity index (χ3v) is 2.69. The zero-order valence-electron chi connectivity index (χ0n) is 7.90. The smallest absolute Gasteiger partial charge is 0.243 e. The molecule has 1 heterocycles. The van der Waals surface area contributed by atoms with Crippen molar-refractivity contribution in [2.45, 2.75) is 19.9 Å². The molecule has 0 aliphatic heterocycles.